The Morgan fingerprint density at radius 3 is 2.59 bits per heavy atom. The number of aromatic nitrogens is 2. The number of nitrogens with zero attached hydrogens (tertiary/aromatic N) is 2. The minimum absolute atomic E-state index is 0.658. The van der Waals surface area contributed by atoms with Crippen molar-refractivity contribution in [3.05, 3.63) is 41.0 Å². The van der Waals surface area contributed by atoms with Gasteiger partial charge in [0.2, 0.25) is 0 Å². The summed E-state index contributed by atoms with van der Waals surface area (Å²) in [6.45, 7) is 0.658. The van der Waals surface area contributed by atoms with E-state index in [0.717, 1.165) is 24.1 Å². The molecule has 0 amide bonds. The molecule has 4 nitrogen and oxygen atoms in total. The minimum Gasteiger partial charge on any atom is -0.383 e. The topological polar surface area (TPSA) is 69.9 Å². The number of hydrogen-bond acceptors (Lipinski definition) is 3. The SMILES string of the molecule is NCCCc1cnn(-c2ccc(Cl)cc2)c1N. The Morgan fingerprint density at radius 1 is 1.24 bits per heavy atom. The number of rotatable bonds is 4. The molecule has 0 spiro atoms. The maximum Gasteiger partial charge on any atom is 0.130 e. The van der Waals surface area contributed by atoms with E-state index in [0.29, 0.717) is 17.4 Å². The Bertz CT molecular complexity index is 490. The zero-order chi connectivity index (χ0) is 12.3. The van der Waals surface area contributed by atoms with Crippen molar-refractivity contribution in [1.82, 2.24) is 9.78 Å². The maximum absolute atomic E-state index is 6.04. The fraction of sp³-hybridized carbons (Fsp3) is 0.250. The van der Waals surface area contributed by atoms with Gasteiger partial charge >= 0.3 is 0 Å². The van der Waals surface area contributed by atoms with E-state index in [-0.39, 0.29) is 0 Å². The lowest BCUT2D eigenvalue weighted by Gasteiger charge is -2.05. The molecule has 90 valence electrons. The second-order valence-electron chi connectivity index (χ2n) is 3.84. The van der Waals surface area contributed by atoms with Crippen molar-refractivity contribution >= 4 is 17.4 Å². The van der Waals surface area contributed by atoms with Crippen LogP contribution in [0, 0.1) is 0 Å². The Morgan fingerprint density at radius 2 is 1.94 bits per heavy atom. The van der Waals surface area contributed by atoms with Gasteiger partial charge in [0.1, 0.15) is 5.82 Å². The highest BCUT2D eigenvalue weighted by atomic mass is 35.5. The highest BCUT2D eigenvalue weighted by Gasteiger charge is 2.08. The molecule has 1 aromatic carbocycles. The van der Waals surface area contributed by atoms with Gasteiger partial charge in [-0.1, -0.05) is 11.6 Å². The van der Waals surface area contributed by atoms with Crippen molar-refractivity contribution in [1.29, 1.82) is 0 Å². The fourth-order valence-corrected chi connectivity index (χ4v) is 1.79. The average molecular weight is 251 g/mol. The maximum atomic E-state index is 6.04. The third-order valence-electron chi connectivity index (χ3n) is 2.61. The van der Waals surface area contributed by atoms with Crippen LogP contribution in [0.1, 0.15) is 12.0 Å². The van der Waals surface area contributed by atoms with Crippen LogP contribution < -0.4 is 11.5 Å². The summed E-state index contributed by atoms with van der Waals surface area (Å²) in [7, 11) is 0. The second-order valence-corrected chi connectivity index (χ2v) is 4.27. The van der Waals surface area contributed by atoms with E-state index < -0.39 is 0 Å². The highest BCUT2D eigenvalue weighted by Crippen LogP contribution is 2.19. The van der Waals surface area contributed by atoms with Crippen LogP contribution in [0.15, 0.2) is 30.5 Å². The zero-order valence-electron chi connectivity index (χ0n) is 9.44. The van der Waals surface area contributed by atoms with Crippen molar-refractivity contribution < 1.29 is 0 Å². The lowest BCUT2D eigenvalue weighted by Crippen LogP contribution is -2.04. The summed E-state index contributed by atoms with van der Waals surface area (Å²) >= 11 is 5.84. The Hall–Kier alpha value is -1.52. The van der Waals surface area contributed by atoms with E-state index >= 15 is 0 Å². The van der Waals surface area contributed by atoms with Gasteiger partial charge < -0.3 is 11.5 Å². The molecule has 0 atom stereocenters. The zero-order valence-corrected chi connectivity index (χ0v) is 10.2. The first-order valence-corrected chi connectivity index (χ1v) is 5.88. The summed E-state index contributed by atoms with van der Waals surface area (Å²) in [5.41, 5.74) is 13.5. The summed E-state index contributed by atoms with van der Waals surface area (Å²) in [6.07, 6.45) is 3.56. The Labute approximate surface area is 105 Å². The third kappa shape index (κ3) is 2.60. The highest BCUT2D eigenvalue weighted by molar-refractivity contribution is 6.30. The molecule has 0 unspecified atom stereocenters. The number of benzene rings is 1. The fourth-order valence-electron chi connectivity index (χ4n) is 1.66. The first kappa shape index (κ1) is 12.0. The molecule has 4 N–H and O–H groups in total. The van der Waals surface area contributed by atoms with E-state index in [9.17, 15) is 0 Å². The van der Waals surface area contributed by atoms with E-state index in [4.69, 9.17) is 23.1 Å². The van der Waals surface area contributed by atoms with Gasteiger partial charge in [0.05, 0.1) is 11.9 Å². The van der Waals surface area contributed by atoms with Crippen LogP contribution in [0.2, 0.25) is 5.02 Å². The molecule has 0 aliphatic rings. The van der Waals surface area contributed by atoms with Gasteiger partial charge in [-0.2, -0.15) is 5.10 Å². The molecule has 2 aromatic rings. The lowest BCUT2D eigenvalue weighted by molar-refractivity contribution is 0.834. The normalized spacial score (nSPS) is 10.7. The van der Waals surface area contributed by atoms with Gasteiger partial charge in [-0.05, 0) is 43.7 Å². The molecule has 2 rings (SSSR count). The molecule has 17 heavy (non-hydrogen) atoms. The van der Waals surface area contributed by atoms with Crippen LogP contribution in [-0.4, -0.2) is 16.3 Å². The number of aryl methyl sites for hydroxylation is 1. The molecule has 0 fully saturated rings. The van der Waals surface area contributed by atoms with Crippen molar-refractivity contribution in [2.75, 3.05) is 12.3 Å². The first-order chi connectivity index (χ1) is 8.22. The van der Waals surface area contributed by atoms with Crippen molar-refractivity contribution in [2.45, 2.75) is 12.8 Å². The third-order valence-corrected chi connectivity index (χ3v) is 2.86. The average Bonchev–Trinajstić information content (AvgIpc) is 2.69. The van der Waals surface area contributed by atoms with Gasteiger partial charge in [0.25, 0.3) is 0 Å². The van der Waals surface area contributed by atoms with Gasteiger partial charge in [-0.25, -0.2) is 4.68 Å². The van der Waals surface area contributed by atoms with Gasteiger partial charge in [0, 0.05) is 10.6 Å². The van der Waals surface area contributed by atoms with Crippen LogP contribution in [0.3, 0.4) is 0 Å². The second kappa shape index (κ2) is 5.21. The molecule has 1 aromatic heterocycles. The number of anilines is 1. The van der Waals surface area contributed by atoms with Crippen LogP contribution >= 0.6 is 11.6 Å². The summed E-state index contributed by atoms with van der Waals surface area (Å²) in [4.78, 5) is 0. The number of halogens is 1. The lowest BCUT2D eigenvalue weighted by atomic mass is 10.2. The van der Waals surface area contributed by atoms with E-state index in [1.54, 1.807) is 10.9 Å². The predicted molar refractivity (Wildman–Crippen MR) is 70.4 cm³/mol. The number of hydrogen-bond donors (Lipinski definition) is 2. The van der Waals surface area contributed by atoms with E-state index in [2.05, 4.69) is 5.10 Å². The largest absolute Gasteiger partial charge is 0.383 e. The first-order valence-electron chi connectivity index (χ1n) is 5.50. The number of nitrogen functional groups attached to an aromatic ring is 1. The van der Waals surface area contributed by atoms with E-state index in [1.807, 2.05) is 24.3 Å². The molecule has 0 aliphatic carbocycles. The molecule has 0 bridgehead atoms. The minimum atomic E-state index is 0.658. The van der Waals surface area contributed by atoms with Crippen LogP contribution in [0.4, 0.5) is 5.82 Å². The van der Waals surface area contributed by atoms with Gasteiger partial charge in [-0.15, -0.1) is 0 Å². The summed E-state index contributed by atoms with van der Waals surface area (Å²) in [5, 5.41) is 4.97. The molecule has 0 saturated heterocycles. The van der Waals surface area contributed by atoms with Crippen molar-refractivity contribution in [3.63, 3.8) is 0 Å². The Kier molecular flexibility index (Phi) is 3.66. The van der Waals surface area contributed by atoms with E-state index in [1.165, 1.54) is 0 Å². The standard InChI is InChI=1S/C12H15ClN4/c13-10-3-5-11(6-4-10)17-12(15)9(8-16-17)2-1-7-14/h3-6,8H,1-2,7,14-15H2. The van der Waals surface area contributed by atoms with Crippen molar-refractivity contribution in [3.8, 4) is 5.69 Å². The molecule has 0 aliphatic heterocycles. The van der Waals surface area contributed by atoms with Crippen LogP contribution in [0.25, 0.3) is 5.69 Å². The summed E-state index contributed by atoms with van der Waals surface area (Å²) < 4.78 is 1.71. The number of nitrogens with two attached hydrogens (primary N) is 2. The monoisotopic (exact) mass is 250 g/mol. The van der Waals surface area contributed by atoms with Crippen LogP contribution in [-0.2, 0) is 6.42 Å². The summed E-state index contributed by atoms with van der Waals surface area (Å²) in [5.74, 6) is 0.667. The molecule has 5 heteroatoms. The molecule has 1 heterocycles. The van der Waals surface area contributed by atoms with Crippen LogP contribution in [0.5, 0.6) is 0 Å². The molecular weight excluding hydrogens is 236 g/mol. The molecule has 0 radical (unpaired) electrons. The molecular formula is C12H15ClN4. The quantitative estimate of drug-likeness (QED) is 0.872. The van der Waals surface area contributed by atoms with Crippen molar-refractivity contribution in [2.24, 2.45) is 5.73 Å². The smallest absolute Gasteiger partial charge is 0.130 e. The molecule has 0 saturated carbocycles. The Balaban J connectivity index is 2.27. The predicted octanol–water partition coefficient (Wildman–Crippen LogP) is 2.00. The summed E-state index contributed by atoms with van der Waals surface area (Å²) in [6, 6.07) is 7.41. The van der Waals surface area contributed by atoms with Gasteiger partial charge in [-0.3, -0.25) is 0 Å². The van der Waals surface area contributed by atoms with Gasteiger partial charge in [0.15, 0.2) is 0 Å².